The molecule has 0 aromatic heterocycles. The summed E-state index contributed by atoms with van der Waals surface area (Å²) in [6.45, 7) is 7.83. The summed E-state index contributed by atoms with van der Waals surface area (Å²) in [6.07, 6.45) is 4.62. The molecule has 1 aromatic carbocycles. The van der Waals surface area contributed by atoms with E-state index in [0.717, 1.165) is 12.3 Å². The van der Waals surface area contributed by atoms with Crippen molar-refractivity contribution >= 4 is 11.8 Å². The number of ether oxygens (including phenoxy) is 1. The van der Waals surface area contributed by atoms with E-state index in [1.807, 2.05) is 23.9 Å². The van der Waals surface area contributed by atoms with Gasteiger partial charge in [0.15, 0.2) is 0 Å². The lowest BCUT2D eigenvalue weighted by Gasteiger charge is -2.31. The Morgan fingerprint density at radius 1 is 1.21 bits per heavy atom. The summed E-state index contributed by atoms with van der Waals surface area (Å²) in [4.78, 5) is 0. The maximum absolute atomic E-state index is 5.19. The Kier molecular flexibility index (Phi) is 6.73. The van der Waals surface area contributed by atoms with E-state index in [4.69, 9.17) is 4.74 Å². The third-order valence-corrected chi connectivity index (χ3v) is 5.66. The fourth-order valence-corrected chi connectivity index (χ4v) is 3.02. The van der Waals surface area contributed by atoms with Gasteiger partial charge in [-0.25, -0.2) is 0 Å². The van der Waals surface area contributed by atoms with Crippen LogP contribution < -0.4 is 10.1 Å². The molecule has 0 saturated heterocycles. The molecule has 19 heavy (non-hydrogen) atoms. The summed E-state index contributed by atoms with van der Waals surface area (Å²) in [5, 5.41) is 3.67. The molecule has 0 fully saturated rings. The van der Waals surface area contributed by atoms with Crippen LogP contribution in [0.15, 0.2) is 24.3 Å². The van der Waals surface area contributed by atoms with E-state index in [-0.39, 0.29) is 0 Å². The molecule has 0 spiro atoms. The van der Waals surface area contributed by atoms with E-state index in [1.54, 1.807) is 7.11 Å². The maximum atomic E-state index is 5.19. The Morgan fingerprint density at radius 3 is 2.21 bits per heavy atom. The molecule has 0 radical (unpaired) electrons. The molecule has 0 saturated carbocycles. The van der Waals surface area contributed by atoms with Crippen LogP contribution in [0.2, 0.25) is 0 Å². The Hall–Kier alpha value is -0.670. The fourth-order valence-electron chi connectivity index (χ4n) is 2.21. The van der Waals surface area contributed by atoms with Crippen LogP contribution >= 0.6 is 11.8 Å². The third-order valence-electron chi connectivity index (χ3n) is 4.07. The molecule has 0 aliphatic rings. The number of nitrogens with one attached hydrogen (secondary N) is 1. The smallest absolute Gasteiger partial charge is 0.118 e. The molecule has 1 unspecified atom stereocenters. The summed E-state index contributed by atoms with van der Waals surface area (Å²) >= 11 is 1.98. The van der Waals surface area contributed by atoms with E-state index in [1.165, 1.54) is 18.4 Å². The van der Waals surface area contributed by atoms with Gasteiger partial charge in [-0.05, 0) is 43.7 Å². The van der Waals surface area contributed by atoms with Crippen molar-refractivity contribution in [3.05, 3.63) is 29.8 Å². The van der Waals surface area contributed by atoms with Crippen molar-refractivity contribution in [2.24, 2.45) is 0 Å². The molecule has 1 aromatic rings. The molecule has 0 aliphatic carbocycles. The monoisotopic (exact) mass is 281 g/mol. The van der Waals surface area contributed by atoms with Crippen molar-refractivity contribution < 1.29 is 4.74 Å². The van der Waals surface area contributed by atoms with Gasteiger partial charge in [0.25, 0.3) is 0 Å². The molecule has 0 amide bonds. The van der Waals surface area contributed by atoms with E-state index in [0.29, 0.717) is 10.8 Å². The number of hydrogen-bond donors (Lipinski definition) is 1. The lowest BCUT2D eigenvalue weighted by atomic mass is 10.0. The highest BCUT2D eigenvalue weighted by Crippen LogP contribution is 2.30. The van der Waals surface area contributed by atoms with Crippen LogP contribution in [0.5, 0.6) is 5.75 Å². The zero-order valence-electron chi connectivity index (χ0n) is 12.8. The molecule has 0 aliphatic heterocycles. The highest BCUT2D eigenvalue weighted by molar-refractivity contribution is 8.00. The third kappa shape index (κ3) is 4.43. The van der Waals surface area contributed by atoms with Gasteiger partial charge < -0.3 is 10.1 Å². The quantitative estimate of drug-likeness (QED) is 0.769. The molecule has 108 valence electrons. The van der Waals surface area contributed by atoms with Gasteiger partial charge in [0.05, 0.1) is 7.11 Å². The van der Waals surface area contributed by atoms with Gasteiger partial charge in [0.1, 0.15) is 5.75 Å². The molecule has 2 nitrogen and oxygen atoms in total. The molecule has 0 heterocycles. The molecule has 0 bridgehead atoms. The van der Waals surface area contributed by atoms with E-state index in [2.05, 4.69) is 44.5 Å². The highest BCUT2D eigenvalue weighted by Gasteiger charge is 2.25. The van der Waals surface area contributed by atoms with Gasteiger partial charge >= 0.3 is 0 Å². The number of benzene rings is 1. The lowest BCUT2D eigenvalue weighted by Crippen LogP contribution is -2.37. The minimum atomic E-state index is 0.362. The molecular formula is C16H27NOS. The van der Waals surface area contributed by atoms with E-state index >= 15 is 0 Å². The van der Waals surface area contributed by atoms with Gasteiger partial charge in [-0.3, -0.25) is 0 Å². The summed E-state index contributed by atoms with van der Waals surface area (Å²) in [7, 11) is 1.70. The topological polar surface area (TPSA) is 21.3 Å². The first-order valence-corrected chi connectivity index (χ1v) is 8.25. The number of methoxy groups -OCH3 is 1. The predicted molar refractivity (Wildman–Crippen MR) is 86.2 cm³/mol. The first kappa shape index (κ1) is 16.4. The zero-order valence-corrected chi connectivity index (χ0v) is 13.6. The van der Waals surface area contributed by atoms with Crippen LogP contribution in [-0.4, -0.2) is 24.7 Å². The normalized spacial score (nSPS) is 13.3. The van der Waals surface area contributed by atoms with Crippen LogP contribution in [0.3, 0.4) is 0 Å². The zero-order chi connectivity index (χ0) is 14.3. The van der Waals surface area contributed by atoms with E-state index in [9.17, 15) is 0 Å². The average Bonchev–Trinajstić information content (AvgIpc) is 2.49. The van der Waals surface area contributed by atoms with Gasteiger partial charge in [-0.2, -0.15) is 11.8 Å². The van der Waals surface area contributed by atoms with Crippen LogP contribution in [-0.2, 0) is 0 Å². The van der Waals surface area contributed by atoms with Gasteiger partial charge in [0, 0.05) is 17.3 Å². The number of hydrogen-bond acceptors (Lipinski definition) is 3. The Bertz CT molecular complexity index is 351. The van der Waals surface area contributed by atoms with Crippen LogP contribution in [0.25, 0.3) is 0 Å². The maximum Gasteiger partial charge on any atom is 0.118 e. The Labute approximate surface area is 122 Å². The second kappa shape index (κ2) is 7.81. The second-order valence-electron chi connectivity index (χ2n) is 4.97. The van der Waals surface area contributed by atoms with Gasteiger partial charge in [-0.1, -0.05) is 26.0 Å². The van der Waals surface area contributed by atoms with Crippen LogP contribution in [0.4, 0.5) is 0 Å². The Balaban J connectivity index is 2.60. The summed E-state index contributed by atoms with van der Waals surface area (Å²) < 4.78 is 5.55. The van der Waals surface area contributed by atoms with Crippen molar-refractivity contribution in [1.82, 2.24) is 5.32 Å². The average molecular weight is 281 g/mol. The van der Waals surface area contributed by atoms with Crippen molar-refractivity contribution in [3.8, 4) is 5.75 Å². The molecule has 3 heteroatoms. The SMILES string of the molecule is CCC(CC)(CNC(C)c1ccc(OC)cc1)SC. The summed E-state index contributed by atoms with van der Waals surface area (Å²) in [6, 6.07) is 8.68. The number of rotatable bonds is 8. The van der Waals surface area contributed by atoms with E-state index < -0.39 is 0 Å². The second-order valence-corrected chi connectivity index (χ2v) is 6.24. The number of thioether (sulfide) groups is 1. The first-order chi connectivity index (χ1) is 9.10. The van der Waals surface area contributed by atoms with Crippen LogP contribution in [0.1, 0.15) is 45.2 Å². The van der Waals surface area contributed by atoms with Crippen molar-refractivity contribution in [3.63, 3.8) is 0 Å². The highest BCUT2D eigenvalue weighted by atomic mass is 32.2. The molecule has 1 atom stereocenters. The summed E-state index contributed by atoms with van der Waals surface area (Å²) in [5.41, 5.74) is 1.31. The molecular weight excluding hydrogens is 254 g/mol. The predicted octanol–water partition coefficient (Wildman–Crippen LogP) is 4.27. The van der Waals surface area contributed by atoms with Crippen LogP contribution in [0, 0.1) is 0 Å². The minimum absolute atomic E-state index is 0.362. The lowest BCUT2D eigenvalue weighted by molar-refractivity contribution is 0.414. The largest absolute Gasteiger partial charge is 0.497 e. The first-order valence-electron chi connectivity index (χ1n) is 7.03. The standard InChI is InChI=1S/C16H27NOS/c1-6-16(7-2,19-5)12-17-13(3)14-8-10-15(18-4)11-9-14/h8-11,13,17H,6-7,12H2,1-5H3. The van der Waals surface area contributed by atoms with Gasteiger partial charge in [-0.15, -0.1) is 0 Å². The summed E-state index contributed by atoms with van der Waals surface area (Å²) in [5.74, 6) is 0.913. The molecule has 1 rings (SSSR count). The molecule has 1 N–H and O–H groups in total. The van der Waals surface area contributed by atoms with Gasteiger partial charge in [0.2, 0.25) is 0 Å². The minimum Gasteiger partial charge on any atom is -0.497 e. The van der Waals surface area contributed by atoms with Crippen molar-refractivity contribution in [2.45, 2.75) is 44.4 Å². The Morgan fingerprint density at radius 2 is 1.79 bits per heavy atom. The van der Waals surface area contributed by atoms with Crippen molar-refractivity contribution in [1.29, 1.82) is 0 Å². The van der Waals surface area contributed by atoms with Crippen molar-refractivity contribution in [2.75, 3.05) is 19.9 Å². The fraction of sp³-hybridized carbons (Fsp3) is 0.625.